The smallest absolute Gasteiger partial charge is 0.272 e. The Morgan fingerprint density at radius 1 is 1.02 bits per heavy atom. The molecule has 0 radical (unpaired) electrons. The molecule has 1 N–H and O–H groups in total. The van der Waals surface area contributed by atoms with E-state index >= 15 is 0 Å². The van der Waals surface area contributed by atoms with Crippen molar-refractivity contribution in [3.63, 3.8) is 0 Å². The molecule has 204 valence electrons. The fourth-order valence-electron chi connectivity index (χ4n) is 5.32. The highest BCUT2D eigenvalue weighted by molar-refractivity contribution is 7.90. The molecule has 0 saturated carbocycles. The van der Waals surface area contributed by atoms with Crippen molar-refractivity contribution in [1.29, 1.82) is 0 Å². The van der Waals surface area contributed by atoms with Crippen LogP contribution in [-0.4, -0.2) is 42.6 Å². The van der Waals surface area contributed by atoms with Crippen molar-refractivity contribution in [3.8, 4) is 5.75 Å². The highest BCUT2D eigenvalue weighted by Gasteiger charge is 2.27. The summed E-state index contributed by atoms with van der Waals surface area (Å²) in [6, 6.07) is 16.3. The van der Waals surface area contributed by atoms with E-state index in [4.69, 9.17) is 4.74 Å². The Kier molecular flexibility index (Phi) is 6.38. The lowest BCUT2D eigenvalue weighted by molar-refractivity contribution is 0.408. The van der Waals surface area contributed by atoms with E-state index in [-0.39, 0.29) is 22.3 Å². The average molecular weight is 558 g/mol. The Hall–Kier alpha value is -4.51. The number of hydrogen-bond donors (Lipinski definition) is 1. The molecule has 3 heterocycles. The van der Waals surface area contributed by atoms with Crippen LogP contribution in [0.25, 0.3) is 11.0 Å². The molecule has 11 heteroatoms. The van der Waals surface area contributed by atoms with Gasteiger partial charge in [-0.05, 0) is 55.7 Å². The van der Waals surface area contributed by atoms with Crippen LogP contribution < -0.4 is 25.8 Å². The Morgan fingerprint density at radius 2 is 1.82 bits per heavy atom. The maximum absolute atomic E-state index is 13.4. The van der Waals surface area contributed by atoms with Gasteiger partial charge in [0.1, 0.15) is 17.8 Å². The van der Waals surface area contributed by atoms with E-state index in [0.717, 1.165) is 30.5 Å². The Labute approximate surface area is 230 Å². The van der Waals surface area contributed by atoms with E-state index in [2.05, 4.69) is 20.2 Å². The quantitative estimate of drug-likeness (QED) is 0.298. The monoisotopic (exact) mass is 557 g/mol. The molecule has 0 amide bonds. The summed E-state index contributed by atoms with van der Waals surface area (Å²) >= 11 is 0. The minimum Gasteiger partial charge on any atom is -0.491 e. The minimum atomic E-state index is -3.82. The number of nitrogens with zero attached hydrogens (tertiary/aromatic N) is 4. The van der Waals surface area contributed by atoms with Crippen LogP contribution in [0.2, 0.25) is 0 Å². The van der Waals surface area contributed by atoms with Gasteiger partial charge in [0.25, 0.3) is 20.9 Å². The molecular formula is C29H27N5O5S. The summed E-state index contributed by atoms with van der Waals surface area (Å²) in [4.78, 5) is 34.9. The molecule has 6 rings (SSSR count). The second kappa shape index (κ2) is 9.91. The van der Waals surface area contributed by atoms with Gasteiger partial charge in [0, 0.05) is 30.9 Å². The number of aromatic nitrogens is 3. The van der Waals surface area contributed by atoms with Gasteiger partial charge in [-0.3, -0.25) is 9.59 Å². The number of benzene rings is 2. The van der Waals surface area contributed by atoms with E-state index in [1.54, 1.807) is 30.3 Å². The van der Waals surface area contributed by atoms with E-state index in [1.807, 2.05) is 31.2 Å². The van der Waals surface area contributed by atoms with E-state index in [0.29, 0.717) is 29.1 Å². The zero-order valence-electron chi connectivity index (χ0n) is 22.0. The third-order valence-corrected chi connectivity index (χ3v) is 9.10. The lowest BCUT2D eigenvalue weighted by Crippen LogP contribution is -2.35. The molecule has 1 atom stereocenters. The Balaban J connectivity index is 1.27. The minimum absolute atomic E-state index is 0.0448. The second-order valence-corrected chi connectivity index (χ2v) is 11.8. The molecule has 0 aliphatic carbocycles. The van der Waals surface area contributed by atoms with Crippen molar-refractivity contribution >= 4 is 38.2 Å². The maximum atomic E-state index is 13.4. The second-order valence-electron chi connectivity index (χ2n) is 9.97. The first-order chi connectivity index (χ1) is 19.3. The SMILES string of the molecule is COc1c(Nc2cccc(C3CCCN(c4ncnc5c4ccn5S(=O)(=O)c4ccc(C)cc4)C3)c2)c(=O)c1=O. The average Bonchev–Trinajstić information content (AvgIpc) is 3.43. The van der Waals surface area contributed by atoms with E-state index in [1.165, 1.54) is 23.6 Å². The first-order valence-corrected chi connectivity index (χ1v) is 14.4. The van der Waals surface area contributed by atoms with Gasteiger partial charge in [0.05, 0.1) is 17.4 Å². The Morgan fingerprint density at radius 3 is 2.60 bits per heavy atom. The van der Waals surface area contributed by atoms with Crippen molar-refractivity contribution in [2.24, 2.45) is 0 Å². The Bertz CT molecular complexity index is 1910. The zero-order valence-corrected chi connectivity index (χ0v) is 22.8. The van der Waals surface area contributed by atoms with Crippen LogP contribution >= 0.6 is 0 Å². The van der Waals surface area contributed by atoms with Gasteiger partial charge in [-0.25, -0.2) is 22.4 Å². The lowest BCUT2D eigenvalue weighted by Gasteiger charge is -2.34. The van der Waals surface area contributed by atoms with Crippen molar-refractivity contribution in [1.82, 2.24) is 13.9 Å². The first-order valence-electron chi connectivity index (χ1n) is 12.9. The molecule has 3 aromatic carbocycles. The summed E-state index contributed by atoms with van der Waals surface area (Å²) in [5.74, 6) is 0.909. The number of nitrogens with one attached hydrogen (secondary N) is 1. The number of methoxy groups -OCH3 is 1. The molecule has 1 fully saturated rings. The molecule has 0 bridgehead atoms. The third kappa shape index (κ3) is 4.32. The summed E-state index contributed by atoms with van der Waals surface area (Å²) in [6.45, 7) is 3.36. The highest BCUT2D eigenvalue weighted by Crippen LogP contribution is 2.34. The number of ether oxygens (including phenoxy) is 1. The molecule has 1 unspecified atom stereocenters. The van der Waals surface area contributed by atoms with Gasteiger partial charge < -0.3 is 15.0 Å². The molecule has 0 spiro atoms. The largest absolute Gasteiger partial charge is 0.491 e. The molecule has 1 aliphatic rings. The predicted molar refractivity (Wildman–Crippen MR) is 153 cm³/mol. The molecule has 5 aromatic rings. The van der Waals surface area contributed by atoms with E-state index < -0.39 is 20.9 Å². The summed E-state index contributed by atoms with van der Waals surface area (Å²) in [7, 11) is -2.46. The molecule has 2 aromatic heterocycles. The maximum Gasteiger partial charge on any atom is 0.272 e. The van der Waals surface area contributed by atoms with Crippen molar-refractivity contribution < 1.29 is 13.2 Å². The molecular weight excluding hydrogens is 530 g/mol. The van der Waals surface area contributed by atoms with Gasteiger partial charge >= 0.3 is 0 Å². The standard InChI is InChI=1S/C29H27N5O5S/c1-18-8-10-22(11-9-18)40(37,38)34-14-12-23-28(30-17-31-29(23)34)33-13-4-6-20(16-33)19-5-3-7-21(15-19)32-24-25(35)26(36)27(24)39-2/h3,5,7-12,14-15,17,20,32H,4,6,13,16H2,1-2H3. The van der Waals surface area contributed by atoms with Crippen LogP contribution in [0.5, 0.6) is 5.75 Å². The number of rotatable bonds is 7. The lowest BCUT2D eigenvalue weighted by atomic mass is 9.90. The molecule has 1 aliphatic heterocycles. The van der Waals surface area contributed by atoms with Crippen LogP contribution in [-0.2, 0) is 10.0 Å². The van der Waals surface area contributed by atoms with Gasteiger partial charge in [-0.1, -0.05) is 29.8 Å². The zero-order chi connectivity index (χ0) is 28.0. The summed E-state index contributed by atoms with van der Waals surface area (Å²) < 4.78 is 33.0. The van der Waals surface area contributed by atoms with Gasteiger partial charge in [-0.2, -0.15) is 0 Å². The normalized spacial score (nSPS) is 15.9. The van der Waals surface area contributed by atoms with Crippen molar-refractivity contribution in [2.45, 2.75) is 30.6 Å². The van der Waals surface area contributed by atoms with Crippen LogP contribution in [0.15, 0.2) is 81.6 Å². The fraction of sp³-hybridized carbons (Fsp3) is 0.241. The molecule has 10 nitrogen and oxygen atoms in total. The van der Waals surface area contributed by atoms with Crippen molar-refractivity contribution in [3.05, 3.63) is 98.7 Å². The van der Waals surface area contributed by atoms with Crippen molar-refractivity contribution in [2.75, 3.05) is 30.4 Å². The molecule has 40 heavy (non-hydrogen) atoms. The molecule has 1 saturated heterocycles. The topological polar surface area (TPSA) is 123 Å². The highest BCUT2D eigenvalue weighted by atomic mass is 32.2. The summed E-state index contributed by atoms with van der Waals surface area (Å²) in [6.07, 6.45) is 4.82. The van der Waals surface area contributed by atoms with Gasteiger partial charge in [-0.15, -0.1) is 0 Å². The first kappa shape index (κ1) is 25.8. The summed E-state index contributed by atoms with van der Waals surface area (Å²) in [5, 5.41) is 3.70. The number of fused-ring (bicyclic) bond motifs is 1. The summed E-state index contributed by atoms with van der Waals surface area (Å²) in [5.41, 5.74) is 2.05. The number of aryl methyl sites for hydroxylation is 1. The number of anilines is 3. The number of piperidine rings is 1. The van der Waals surface area contributed by atoms with Gasteiger partial charge in [0.15, 0.2) is 11.4 Å². The third-order valence-electron chi connectivity index (χ3n) is 7.42. The fourth-order valence-corrected chi connectivity index (χ4v) is 6.62. The number of hydrogen-bond acceptors (Lipinski definition) is 9. The van der Waals surface area contributed by atoms with E-state index in [9.17, 15) is 18.0 Å². The van der Waals surface area contributed by atoms with Crippen LogP contribution in [0, 0.1) is 6.92 Å². The predicted octanol–water partition coefficient (Wildman–Crippen LogP) is 3.71. The van der Waals surface area contributed by atoms with Gasteiger partial charge in [0.2, 0.25) is 0 Å². The van der Waals surface area contributed by atoms with Crippen LogP contribution in [0.3, 0.4) is 0 Å². The van der Waals surface area contributed by atoms with Crippen LogP contribution in [0.4, 0.5) is 17.2 Å². The van der Waals surface area contributed by atoms with Crippen LogP contribution in [0.1, 0.15) is 29.9 Å².